The molecule has 1 aromatic rings. The van der Waals surface area contributed by atoms with Gasteiger partial charge in [0.15, 0.2) is 6.04 Å². The van der Waals surface area contributed by atoms with Crippen molar-refractivity contribution in [3.8, 4) is 5.75 Å². The molecule has 0 amide bonds. The van der Waals surface area contributed by atoms with Gasteiger partial charge in [-0.3, -0.25) is 0 Å². The minimum atomic E-state index is -0.874. The summed E-state index contributed by atoms with van der Waals surface area (Å²) in [7, 11) is 0. The molecule has 1 aromatic carbocycles. The molecule has 1 fully saturated rings. The standard InChI is InChI=1S/C13H17NO4/c1-2-18-12-6-4-3-5-10(12)14-7-8-17-9-11(14)13(15)16/h3-6,11H,2,7-9H2,1H3,(H,15,16). The lowest BCUT2D eigenvalue weighted by Gasteiger charge is -2.35. The Balaban J connectivity index is 2.30. The number of hydrogen-bond donors (Lipinski definition) is 1. The molecular formula is C13H17NO4. The van der Waals surface area contributed by atoms with E-state index in [1.807, 2.05) is 36.1 Å². The maximum absolute atomic E-state index is 11.2. The second-order valence-electron chi connectivity index (χ2n) is 4.02. The summed E-state index contributed by atoms with van der Waals surface area (Å²) in [5, 5.41) is 9.23. The van der Waals surface area contributed by atoms with Gasteiger partial charge in [0, 0.05) is 6.54 Å². The average molecular weight is 251 g/mol. The highest BCUT2D eigenvalue weighted by atomic mass is 16.5. The molecule has 1 unspecified atom stereocenters. The Morgan fingerprint density at radius 2 is 2.33 bits per heavy atom. The normalized spacial score (nSPS) is 19.6. The second kappa shape index (κ2) is 5.73. The van der Waals surface area contributed by atoms with Gasteiger partial charge in [-0.15, -0.1) is 0 Å². The largest absolute Gasteiger partial charge is 0.492 e. The molecule has 1 aliphatic rings. The number of rotatable bonds is 4. The van der Waals surface area contributed by atoms with Gasteiger partial charge in [-0.25, -0.2) is 4.79 Å². The Morgan fingerprint density at radius 3 is 3.06 bits per heavy atom. The van der Waals surface area contributed by atoms with Crippen LogP contribution in [0.4, 0.5) is 5.69 Å². The first-order chi connectivity index (χ1) is 8.74. The number of anilines is 1. The van der Waals surface area contributed by atoms with Crippen LogP contribution in [-0.2, 0) is 9.53 Å². The Kier molecular flexibility index (Phi) is 4.04. The molecule has 0 radical (unpaired) electrons. The highest BCUT2D eigenvalue weighted by Gasteiger charge is 2.30. The fraction of sp³-hybridized carbons (Fsp3) is 0.462. The number of ether oxygens (including phenoxy) is 2. The van der Waals surface area contributed by atoms with Gasteiger partial charge in [-0.1, -0.05) is 12.1 Å². The quantitative estimate of drug-likeness (QED) is 0.876. The van der Waals surface area contributed by atoms with E-state index in [9.17, 15) is 9.90 Å². The number of para-hydroxylation sites is 2. The van der Waals surface area contributed by atoms with Crippen molar-refractivity contribution in [3.05, 3.63) is 24.3 Å². The first kappa shape index (κ1) is 12.7. The van der Waals surface area contributed by atoms with E-state index in [0.717, 1.165) is 5.69 Å². The third-order valence-corrected chi connectivity index (χ3v) is 2.89. The minimum Gasteiger partial charge on any atom is -0.492 e. The predicted octanol–water partition coefficient (Wildman–Crippen LogP) is 1.38. The molecule has 5 heteroatoms. The maximum atomic E-state index is 11.2. The summed E-state index contributed by atoms with van der Waals surface area (Å²) in [6.45, 7) is 3.75. The van der Waals surface area contributed by atoms with Crippen LogP contribution in [0.15, 0.2) is 24.3 Å². The molecule has 98 valence electrons. The van der Waals surface area contributed by atoms with Crippen LogP contribution in [-0.4, -0.2) is 43.5 Å². The van der Waals surface area contributed by atoms with Gasteiger partial charge >= 0.3 is 5.97 Å². The first-order valence-electron chi connectivity index (χ1n) is 6.03. The van der Waals surface area contributed by atoms with Gasteiger partial charge in [0.05, 0.1) is 25.5 Å². The average Bonchev–Trinajstić information content (AvgIpc) is 2.40. The molecule has 5 nitrogen and oxygen atoms in total. The number of morpholine rings is 1. The summed E-state index contributed by atoms with van der Waals surface area (Å²) in [5.74, 6) is -0.158. The van der Waals surface area contributed by atoms with Crippen molar-refractivity contribution in [3.63, 3.8) is 0 Å². The fourth-order valence-electron chi connectivity index (χ4n) is 2.07. The van der Waals surface area contributed by atoms with Gasteiger partial charge in [-0.2, -0.15) is 0 Å². The number of aliphatic carboxylic acids is 1. The molecule has 1 atom stereocenters. The number of carbonyl (C=O) groups is 1. The van der Waals surface area contributed by atoms with Crippen LogP contribution in [0.1, 0.15) is 6.92 Å². The summed E-state index contributed by atoms with van der Waals surface area (Å²) in [6, 6.07) is 6.84. The summed E-state index contributed by atoms with van der Waals surface area (Å²) in [5.41, 5.74) is 0.815. The number of carboxylic acids is 1. The van der Waals surface area contributed by atoms with E-state index < -0.39 is 12.0 Å². The monoisotopic (exact) mass is 251 g/mol. The molecule has 1 N–H and O–H groups in total. The maximum Gasteiger partial charge on any atom is 0.328 e. The zero-order valence-corrected chi connectivity index (χ0v) is 10.3. The molecule has 0 aliphatic carbocycles. The van der Waals surface area contributed by atoms with Crippen LogP contribution in [0.5, 0.6) is 5.75 Å². The Labute approximate surface area is 106 Å². The summed E-state index contributed by atoms with van der Waals surface area (Å²) < 4.78 is 10.8. The van der Waals surface area contributed by atoms with Crippen molar-refractivity contribution < 1.29 is 19.4 Å². The Bertz CT molecular complexity index is 421. The van der Waals surface area contributed by atoms with E-state index in [1.165, 1.54) is 0 Å². The van der Waals surface area contributed by atoms with Crippen LogP contribution in [0.25, 0.3) is 0 Å². The molecule has 0 saturated carbocycles. The molecular weight excluding hydrogens is 234 g/mol. The highest BCUT2D eigenvalue weighted by molar-refractivity contribution is 5.79. The Hall–Kier alpha value is -1.75. The zero-order valence-electron chi connectivity index (χ0n) is 10.3. The molecule has 2 rings (SSSR count). The topological polar surface area (TPSA) is 59.0 Å². The molecule has 0 aromatic heterocycles. The summed E-state index contributed by atoms with van der Waals surface area (Å²) >= 11 is 0. The summed E-state index contributed by atoms with van der Waals surface area (Å²) in [6.07, 6.45) is 0. The van der Waals surface area contributed by atoms with E-state index in [4.69, 9.17) is 9.47 Å². The SMILES string of the molecule is CCOc1ccccc1N1CCOCC1C(=O)O. The zero-order chi connectivity index (χ0) is 13.0. The van der Waals surface area contributed by atoms with Crippen molar-refractivity contribution in [1.82, 2.24) is 0 Å². The highest BCUT2D eigenvalue weighted by Crippen LogP contribution is 2.30. The van der Waals surface area contributed by atoms with E-state index in [-0.39, 0.29) is 6.61 Å². The lowest BCUT2D eigenvalue weighted by Crippen LogP contribution is -2.50. The van der Waals surface area contributed by atoms with Gasteiger partial charge in [0.2, 0.25) is 0 Å². The minimum absolute atomic E-state index is 0.204. The van der Waals surface area contributed by atoms with Crippen LogP contribution in [0.3, 0.4) is 0 Å². The van der Waals surface area contributed by atoms with Crippen molar-refractivity contribution >= 4 is 11.7 Å². The molecule has 0 bridgehead atoms. The number of carboxylic acid groups (broad SMARTS) is 1. The Morgan fingerprint density at radius 1 is 1.56 bits per heavy atom. The van der Waals surface area contributed by atoms with Gasteiger partial charge in [-0.05, 0) is 19.1 Å². The van der Waals surface area contributed by atoms with Crippen molar-refractivity contribution in [2.45, 2.75) is 13.0 Å². The molecule has 18 heavy (non-hydrogen) atoms. The summed E-state index contributed by atoms with van der Waals surface area (Å²) in [4.78, 5) is 13.1. The molecule has 0 spiro atoms. The third kappa shape index (κ3) is 2.56. The van der Waals surface area contributed by atoms with Crippen molar-refractivity contribution in [1.29, 1.82) is 0 Å². The van der Waals surface area contributed by atoms with Crippen molar-refractivity contribution in [2.75, 3.05) is 31.3 Å². The fourth-order valence-corrected chi connectivity index (χ4v) is 2.07. The smallest absolute Gasteiger partial charge is 0.328 e. The lowest BCUT2D eigenvalue weighted by molar-refractivity contribution is -0.141. The van der Waals surface area contributed by atoms with Crippen molar-refractivity contribution in [2.24, 2.45) is 0 Å². The number of benzene rings is 1. The van der Waals surface area contributed by atoms with E-state index >= 15 is 0 Å². The van der Waals surface area contributed by atoms with E-state index in [1.54, 1.807) is 0 Å². The van der Waals surface area contributed by atoms with E-state index in [0.29, 0.717) is 25.5 Å². The van der Waals surface area contributed by atoms with E-state index in [2.05, 4.69) is 0 Å². The number of nitrogens with zero attached hydrogens (tertiary/aromatic N) is 1. The lowest BCUT2D eigenvalue weighted by atomic mass is 10.1. The van der Waals surface area contributed by atoms with Crippen LogP contribution < -0.4 is 9.64 Å². The van der Waals surface area contributed by atoms with Gasteiger partial charge in [0.25, 0.3) is 0 Å². The first-order valence-corrected chi connectivity index (χ1v) is 6.03. The van der Waals surface area contributed by atoms with Crippen LogP contribution in [0.2, 0.25) is 0 Å². The molecule has 1 aliphatic heterocycles. The second-order valence-corrected chi connectivity index (χ2v) is 4.02. The van der Waals surface area contributed by atoms with Gasteiger partial charge < -0.3 is 19.5 Å². The molecule has 1 saturated heterocycles. The van der Waals surface area contributed by atoms with Crippen LogP contribution in [0, 0.1) is 0 Å². The van der Waals surface area contributed by atoms with Crippen LogP contribution >= 0.6 is 0 Å². The third-order valence-electron chi connectivity index (χ3n) is 2.89. The molecule has 1 heterocycles. The van der Waals surface area contributed by atoms with Gasteiger partial charge in [0.1, 0.15) is 5.75 Å². The number of hydrogen-bond acceptors (Lipinski definition) is 4. The predicted molar refractivity (Wildman–Crippen MR) is 67.2 cm³/mol.